The highest BCUT2D eigenvalue weighted by atomic mass is 16.5. The van der Waals surface area contributed by atoms with Gasteiger partial charge in [0, 0.05) is 31.9 Å². The summed E-state index contributed by atoms with van der Waals surface area (Å²) in [5.41, 5.74) is 7.18. The number of nitrogens with zero attached hydrogens (tertiary/aromatic N) is 3. The topological polar surface area (TPSA) is 79.5 Å². The molecule has 1 fully saturated rings. The zero-order valence-corrected chi connectivity index (χ0v) is 11.9. The number of hydrogen-bond donors (Lipinski definition) is 2. The summed E-state index contributed by atoms with van der Waals surface area (Å²) in [4.78, 5) is 6.51. The SMILES string of the molecule is CC(C)c1cn[nH]c1N=C(N)N(C)C1CCOCC1. The minimum Gasteiger partial charge on any atom is -0.381 e. The lowest BCUT2D eigenvalue weighted by Gasteiger charge is -2.31. The summed E-state index contributed by atoms with van der Waals surface area (Å²) in [6.45, 7) is 5.82. The van der Waals surface area contributed by atoms with Gasteiger partial charge in [0.2, 0.25) is 0 Å². The Balaban J connectivity index is 2.10. The minimum atomic E-state index is 0.374. The van der Waals surface area contributed by atoms with E-state index in [-0.39, 0.29) is 0 Å². The highest BCUT2D eigenvalue weighted by Gasteiger charge is 2.20. The molecule has 0 bridgehead atoms. The molecule has 0 radical (unpaired) electrons. The minimum absolute atomic E-state index is 0.374. The fourth-order valence-electron chi connectivity index (χ4n) is 2.25. The molecule has 0 saturated carbocycles. The van der Waals surface area contributed by atoms with Crippen LogP contribution < -0.4 is 5.73 Å². The summed E-state index contributed by atoms with van der Waals surface area (Å²) in [5.74, 6) is 1.66. The van der Waals surface area contributed by atoms with Gasteiger partial charge in [-0.2, -0.15) is 10.1 Å². The Hall–Kier alpha value is -1.56. The van der Waals surface area contributed by atoms with Gasteiger partial charge in [-0.25, -0.2) is 0 Å². The molecule has 0 amide bonds. The fraction of sp³-hybridized carbons (Fsp3) is 0.692. The van der Waals surface area contributed by atoms with Crippen LogP contribution in [-0.2, 0) is 4.74 Å². The van der Waals surface area contributed by atoms with Gasteiger partial charge in [-0.3, -0.25) is 5.10 Å². The number of ether oxygens (including phenoxy) is 1. The van der Waals surface area contributed by atoms with Crippen LogP contribution in [0, 0.1) is 0 Å². The van der Waals surface area contributed by atoms with Crippen molar-refractivity contribution in [2.45, 2.75) is 38.6 Å². The first kappa shape index (κ1) is 13.9. The molecule has 2 rings (SSSR count). The van der Waals surface area contributed by atoms with E-state index in [9.17, 15) is 0 Å². The molecule has 6 nitrogen and oxygen atoms in total. The molecule has 0 aliphatic carbocycles. The van der Waals surface area contributed by atoms with Crippen molar-refractivity contribution in [1.29, 1.82) is 0 Å². The van der Waals surface area contributed by atoms with Crippen LogP contribution in [-0.4, -0.2) is 47.4 Å². The van der Waals surface area contributed by atoms with Gasteiger partial charge in [-0.15, -0.1) is 0 Å². The molecule has 1 aliphatic heterocycles. The summed E-state index contributed by atoms with van der Waals surface area (Å²) < 4.78 is 5.36. The van der Waals surface area contributed by atoms with Crippen LogP contribution in [0.2, 0.25) is 0 Å². The van der Waals surface area contributed by atoms with Gasteiger partial charge in [0.15, 0.2) is 11.8 Å². The third-order valence-electron chi connectivity index (χ3n) is 3.60. The Kier molecular flexibility index (Phi) is 4.42. The Bertz CT molecular complexity index is 434. The number of guanidine groups is 1. The normalized spacial score (nSPS) is 18.0. The van der Waals surface area contributed by atoms with Crippen LogP contribution in [0.3, 0.4) is 0 Å². The van der Waals surface area contributed by atoms with Gasteiger partial charge in [0.1, 0.15) is 0 Å². The van der Waals surface area contributed by atoms with Crippen molar-refractivity contribution < 1.29 is 4.74 Å². The average Bonchev–Trinajstić information content (AvgIpc) is 2.87. The Morgan fingerprint density at radius 2 is 2.21 bits per heavy atom. The van der Waals surface area contributed by atoms with Crippen LogP contribution in [0.15, 0.2) is 11.2 Å². The van der Waals surface area contributed by atoms with Gasteiger partial charge < -0.3 is 15.4 Å². The largest absolute Gasteiger partial charge is 0.381 e. The van der Waals surface area contributed by atoms with E-state index in [2.05, 4.69) is 29.0 Å². The van der Waals surface area contributed by atoms with Gasteiger partial charge >= 0.3 is 0 Å². The first-order valence-corrected chi connectivity index (χ1v) is 6.77. The number of hydrogen-bond acceptors (Lipinski definition) is 3. The van der Waals surface area contributed by atoms with Crippen LogP contribution in [0.1, 0.15) is 38.2 Å². The molecule has 0 atom stereocenters. The molecule has 1 aromatic heterocycles. The predicted molar refractivity (Wildman–Crippen MR) is 75.6 cm³/mol. The maximum absolute atomic E-state index is 6.10. The first-order valence-electron chi connectivity index (χ1n) is 6.77. The maximum Gasteiger partial charge on any atom is 0.197 e. The fourth-order valence-corrected chi connectivity index (χ4v) is 2.25. The summed E-state index contributed by atoms with van der Waals surface area (Å²) >= 11 is 0. The number of aromatic nitrogens is 2. The third-order valence-corrected chi connectivity index (χ3v) is 3.60. The molecule has 0 unspecified atom stereocenters. The first-order chi connectivity index (χ1) is 9.09. The van der Waals surface area contributed by atoms with Crippen molar-refractivity contribution in [2.75, 3.05) is 20.3 Å². The van der Waals surface area contributed by atoms with Crippen LogP contribution in [0.25, 0.3) is 0 Å². The van der Waals surface area contributed by atoms with E-state index in [0.29, 0.717) is 17.9 Å². The van der Waals surface area contributed by atoms with E-state index < -0.39 is 0 Å². The molecular formula is C13H23N5O. The summed E-state index contributed by atoms with van der Waals surface area (Å²) in [5, 5.41) is 6.95. The van der Waals surface area contributed by atoms with Crippen molar-refractivity contribution in [3.05, 3.63) is 11.8 Å². The van der Waals surface area contributed by atoms with E-state index in [1.807, 2.05) is 18.1 Å². The van der Waals surface area contributed by atoms with Crippen molar-refractivity contribution in [2.24, 2.45) is 10.7 Å². The Labute approximate surface area is 114 Å². The molecule has 2 heterocycles. The second kappa shape index (κ2) is 6.06. The third kappa shape index (κ3) is 3.26. The highest BCUT2D eigenvalue weighted by molar-refractivity contribution is 5.81. The van der Waals surface area contributed by atoms with E-state index >= 15 is 0 Å². The molecule has 19 heavy (non-hydrogen) atoms. The molecule has 0 spiro atoms. The van der Waals surface area contributed by atoms with Crippen LogP contribution in [0.5, 0.6) is 0 Å². The lowest BCUT2D eigenvalue weighted by molar-refractivity contribution is 0.0603. The number of H-pyrrole nitrogens is 1. The molecule has 1 aromatic rings. The van der Waals surface area contributed by atoms with Gasteiger partial charge in [0.25, 0.3) is 0 Å². The number of aliphatic imine (C=N–C) groups is 1. The number of nitrogens with one attached hydrogen (secondary N) is 1. The standard InChI is InChI=1S/C13H23N5O/c1-9(2)11-8-15-17-12(11)16-13(14)18(3)10-4-6-19-7-5-10/h8-10H,4-7H2,1-3H3,(H3,14,15,16,17). The Morgan fingerprint density at radius 1 is 1.53 bits per heavy atom. The molecule has 6 heteroatoms. The molecule has 106 valence electrons. The second-order valence-corrected chi connectivity index (χ2v) is 5.25. The maximum atomic E-state index is 6.10. The van der Waals surface area contributed by atoms with Crippen LogP contribution >= 0.6 is 0 Å². The van der Waals surface area contributed by atoms with Crippen molar-refractivity contribution in [1.82, 2.24) is 15.1 Å². The highest BCUT2D eigenvalue weighted by Crippen LogP contribution is 2.24. The zero-order chi connectivity index (χ0) is 13.8. The number of nitrogens with two attached hydrogens (primary N) is 1. The molecular weight excluding hydrogens is 242 g/mol. The monoisotopic (exact) mass is 265 g/mol. The van der Waals surface area contributed by atoms with Gasteiger partial charge in [0.05, 0.1) is 6.20 Å². The van der Waals surface area contributed by atoms with Gasteiger partial charge in [-0.1, -0.05) is 13.8 Å². The summed E-state index contributed by atoms with van der Waals surface area (Å²) in [6.07, 6.45) is 3.80. The van der Waals surface area contributed by atoms with E-state index in [4.69, 9.17) is 10.5 Å². The lowest BCUT2D eigenvalue weighted by atomic mass is 10.1. The molecule has 1 saturated heterocycles. The molecule has 1 aliphatic rings. The lowest BCUT2D eigenvalue weighted by Crippen LogP contribution is -2.44. The summed E-state index contributed by atoms with van der Waals surface area (Å²) in [7, 11) is 1.99. The van der Waals surface area contributed by atoms with Crippen molar-refractivity contribution in [3.63, 3.8) is 0 Å². The van der Waals surface area contributed by atoms with E-state index in [1.54, 1.807) is 0 Å². The van der Waals surface area contributed by atoms with E-state index in [0.717, 1.165) is 37.4 Å². The number of aromatic amines is 1. The average molecular weight is 265 g/mol. The Morgan fingerprint density at radius 3 is 2.84 bits per heavy atom. The smallest absolute Gasteiger partial charge is 0.197 e. The van der Waals surface area contributed by atoms with Crippen molar-refractivity contribution >= 4 is 11.8 Å². The van der Waals surface area contributed by atoms with E-state index in [1.165, 1.54) is 0 Å². The zero-order valence-electron chi connectivity index (χ0n) is 11.9. The molecule has 0 aromatic carbocycles. The second-order valence-electron chi connectivity index (χ2n) is 5.25. The quantitative estimate of drug-likeness (QED) is 0.642. The van der Waals surface area contributed by atoms with Crippen LogP contribution in [0.4, 0.5) is 5.82 Å². The van der Waals surface area contributed by atoms with Gasteiger partial charge in [-0.05, 0) is 18.8 Å². The van der Waals surface area contributed by atoms with Crippen molar-refractivity contribution in [3.8, 4) is 0 Å². The summed E-state index contributed by atoms with van der Waals surface area (Å²) in [6, 6.07) is 0.405. The molecule has 3 N–H and O–H groups in total. The number of rotatable bonds is 3. The predicted octanol–water partition coefficient (Wildman–Crippen LogP) is 1.59.